The minimum atomic E-state index is -4.32. The topological polar surface area (TPSA) is 79.3 Å². The number of aromatic nitrogens is 2. The highest BCUT2D eigenvalue weighted by Gasteiger charge is 2.30. The summed E-state index contributed by atoms with van der Waals surface area (Å²) in [6.07, 6.45) is 1.42. The van der Waals surface area contributed by atoms with Gasteiger partial charge in [-0.25, -0.2) is 9.78 Å². The normalized spacial score (nSPS) is 11.3. The minimum absolute atomic E-state index is 0.267. The van der Waals surface area contributed by atoms with E-state index in [2.05, 4.69) is 25.6 Å². The SMILES string of the molecule is CC.CN=C(/C=C(\C)C(F)(F)F)c1cccnc1.Cc1ccc(NC(=O)Nc2ccccc2)nc1. The molecule has 6 nitrogen and oxygen atoms in total. The predicted molar refractivity (Wildman–Crippen MR) is 136 cm³/mol. The number of para-hydroxylation sites is 1. The highest BCUT2D eigenvalue weighted by molar-refractivity contribution is 6.08. The molecule has 0 unspecified atom stereocenters. The third-order valence-corrected chi connectivity index (χ3v) is 4.18. The Labute approximate surface area is 204 Å². The molecule has 0 radical (unpaired) electrons. The summed E-state index contributed by atoms with van der Waals surface area (Å²) < 4.78 is 37.0. The molecule has 2 aromatic heterocycles. The number of rotatable bonds is 4. The van der Waals surface area contributed by atoms with Gasteiger partial charge in [0.15, 0.2) is 0 Å². The number of nitrogens with one attached hydrogen (secondary N) is 2. The summed E-state index contributed by atoms with van der Waals surface area (Å²) in [5.41, 5.74) is 1.95. The molecule has 0 bridgehead atoms. The molecule has 35 heavy (non-hydrogen) atoms. The Bertz CT molecular complexity index is 1080. The van der Waals surface area contributed by atoms with Crippen LogP contribution in [0, 0.1) is 6.92 Å². The summed E-state index contributed by atoms with van der Waals surface area (Å²) in [6.45, 7) is 6.96. The minimum Gasteiger partial charge on any atom is -0.308 e. The van der Waals surface area contributed by atoms with Gasteiger partial charge in [0.25, 0.3) is 0 Å². The van der Waals surface area contributed by atoms with E-state index in [-0.39, 0.29) is 11.7 Å². The number of hydrogen-bond acceptors (Lipinski definition) is 4. The number of carbonyl (C=O) groups is 1. The van der Waals surface area contributed by atoms with Crippen molar-refractivity contribution in [2.45, 2.75) is 33.9 Å². The van der Waals surface area contributed by atoms with Gasteiger partial charge in [0.1, 0.15) is 5.82 Å². The number of aryl methyl sites for hydroxylation is 1. The second-order valence-corrected chi connectivity index (χ2v) is 6.84. The van der Waals surface area contributed by atoms with E-state index < -0.39 is 11.7 Å². The van der Waals surface area contributed by atoms with Crippen molar-refractivity contribution in [3.63, 3.8) is 0 Å². The van der Waals surface area contributed by atoms with Gasteiger partial charge in [-0.2, -0.15) is 13.2 Å². The van der Waals surface area contributed by atoms with Crippen LogP contribution in [0.25, 0.3) is 0 Å². The smallest absolute Gasteiger partial charge is 0.308 e. The van der Waals surface area contributed by atoms with Gasteiger partial charge in [0.2, 0.25) is 0 Å². The zero-order valence-corrected chi connectivity index (χ0v) is 20.4. The Balaban J connectivity index is 0.000000328. The molecule has 9 heteroatoms. The number of halogens is 3. The Kier molecular flexibility index (Phi) is 12.4. The van der Waals surface area contributed by atoms with Gasteiger partial charge in [-0.3, -0.25) is 15.3 Å². The van der Waals surface area contributed by atoms with E-state index in [4.69, 9.17) is 0 Å². The second-order valence-electron chi connectivity index (χ2n) is 6.84. The van der Waals surface area contributed by atoms with Crippen LogP contribution < -0.4 is 10.6 Å². The number of hydrogen-bond donors (Lipinski definition) is 2. The van der Waals surface area contributed by atoms with Crippen LogP contribution >= 0.6 is 0 Å². The second kappa shape index (κ2) is 15.0. The van der Waals surface area contributed by atoms with Crippen molar-refractivity contribution in [1.29, 1.82) is 0 Å². The number of pyridine rings is 2. The Morgan fingerprint density at radius 1 is 0.971 bits per heavy atom. The summed E-state index contributed by atoms with van der Waals surface area (Å²) in [6, 6.07) is 15.9. The fourth-order valence-corrected chi connectivity index (χ4v) is 2.42. The molecule has 0 saturated heterocycles. The van der Waals surface area contributed by atoms with Crippen LogP contribution in [0.2, 0.25) is 0 Å². The van der Waals surface area contributed by atoms with Gasteiger partial charge in [0.05, 0.1) is 5.71 Å². The molecule has 3 aromatic rings. The molecule has 0 spiro atoms. The summed E-state index contributed by atoms with van der Waals surface area (Å²) in [5.74, 6) is 0.532. The van der Waals surface area contributed by atoms with Crippen LogP contribution in [0.1, 0.15) is 31.9 Å². The molecule has 186 valence electrons. The van der Waals surface area contributed by atoms with E-state index >= 15 is 0 Å². The average molecular weight is 486 g/mol. The first kappa shape index (κ1) is 29.0. The Morgan fingerprint density at radius 2 is 1.66 bits per heavy atom. The predicted octanol–water partition coefficient (Wildman–Crippen LogP) is 7.07. The van der Waals surface area contributed by atoms with E-state index in [0.717, 1.165) is 24.3 Å². The summed E-state index contributed by atoms with van der Waals surface area (Å²) >= 11 is 0. The number of carbonyl (C=O) groups excluding carboxylic acids is 1. The summed E-state index contributed by atoms with van der Waals surface area (Å²) in [4.78, 5) is 23.3. The number of alkyl halides is 3. The first-order valence-electron chi connectivity index (χ1n) is 10.9. The van der Waals surface area contributed by atoms with Crippen LogP contribution in [0.3, 0.4) is 0 Å². The number of amides is 2. The number of urea groups is 1. The van der Waals surface area contributed by atoms with Crippen LogP contribution in [-0.4, -0.2) is 34.9 Å². The van der Waals surface area contributed by atoms with Crippen molar-refractivity contribution in [2.24, 2.45) is 4.99 Å². The fourth-order valence-electron chi connectivity index (χ4n) is 2.42. The molecular weight excluding hydrogens is 455 g/mol. The van der Waals surface area contributed by atoms with Crippen molar-refractivity contribution in [3.05, 3.63) is 96.0 Å². The third kappa shape index (κ3) is 11.1. The number of allylic oxidation sites excluding steroid dienone is 2. The maximum Gasteiger partial charge on any atom is 0.412 e. The van der Waals surface area contributed by atoms with Crippen LogP contribution in [-0.2, 0) is 0 Å². The van der Waals surface area contributed by atoms with Gasteiger partial charge < -0.3 is 5.32 Å². The highest BCUT2D eigenvalue weighted by atomic mass is 19.4. The molecule has 2 N–H and O–H groups in total. The molecule has 3 rings (SSSR count). The van der Waals surface area contributed by atoms with Gasteiger partial charge in [0, 0.05) is 42.5 Å². The first-order chi connectivity index (χ1) is 16.7. The summed E-state index contributed by atoms with van der Waals surface area (Å²) in [5, 5.41) is 5.37. The summed E-state index contributed by atoms with van der Waals surface area (Å²) in [7, 11) is 1.45. The zero-order valence-electron chi connectivity index (χ0n) is 20.4. The number of anilines is 2. The molecule has 2 heterocycles. The number of aliphatic imine (C=N–C) groups is 1. The van der Waals surface area contributed by atoms with Crippen LogP contribution in [0.15, 0.2) is 89.8 Å². The maximum atomic E-state index is 12.3. The van der Waals surface area contributed by atoms with Crippen molar-refractivity contribution >= 4 is 23.2 Å². The van der Waals surface area contributed by atoms with Gasteiger partial charge >= 0.3 is 12.2 Å². The van der Waals surface area contributed by atoms with E-state index in [1.165, 1.54) is 13.2 Å². The largest absolute Gasteiger partial charge is 0.412 e. The lowest BCUT2D eigenvalue weighted by Gasteiger charge is -2.07. The zero-order chi connectivity index (χ0) is 26.3. The third-order valence-electron chi connectivity index (χ3n) is 4.18. The molecule has 0 saturated carbocycles. The van der Waals surface area contributed by atoms with Gasteiger partial charge in [-0.15, -0.1) is 0 Å². The van der Waals surface area contributed by atoms with Gasteiger partial charge in [-0.1, -0.05) is 38.1 Å². The average Bonchev–Trinajstić information content (AvgIpc) is 2.86. The molecule has 0 fully saturated rings. The van der Waals surface area contributed by atoms with Crippen molar-refractivity contribution in [2.75, 3.05) is 17.7 Å². The molecule has 1 aromatic carbocycles. The monoisotopic (exact) mass is 485 g/mol. The lowest BCUT2D eigenvalue weighted by molar-refractivity contribution is -0.0912. The maximum absolute atomic E-state index is 12.3. The Hall–Kier alpha value is -4.01. The fraction of sp³-hybridized carbons (Fsp3) is 0.231. The molecule has 2 amide bonds. The van der Waals surface area contributed by atoms with E-state index in [9.17, 15) is 18.0 Å². The lowest BCUT2D eigenvalue weighted by Crippen LogP contribution is -2.19. The number of nitrogens with zero attached hydrogens (tertiary/aromatic N) is 3. The van der Waals surface area contributed by atoms with Crippen molar-refractivity contribution < 1.29 is 18.0 Å². The van der Waals surface area contributed by atoms with Crippen LogP contribution in [0.4, 0.5) is 29.5 Å². The molecule has 0 atom stereocenters. The van der Waals surface area contributed by atoms with Crippen molar-refractivity contribution in [1.82, 2.24) is 9.97 Å². The van der Waals surface area contributed by atoms with E-state index in [0.29, 0.717) is 11.4 Å². The molecular formula is C26H30F3N5O. The first-order valence-corrected chi connectivity index (χ1v) is 10.9. The highest BCUT2D eigenvalue weighted by Crippen LogP contribution is 2.25. The lowest BCUT2D eigenvalue weighted by atomic mass is 10.1. The molecule has 0 aliphatic carbocycles. The van der Waals surface area contributed by atoms with Crippen LogP contribution in [0.5, 0.6) is 0 Å². The molecule has 0 aliphatic rings. The quantitative estimate of drug-likeness (QED) is 0.388. The standard InChI is InChI=1S/C13H13N3O.C11H11F3N2.C2H6/c1-10-7-8-12(14-9-10)16-13(17)15-11-5-3-2-4-6-11;1-8(11(12,13)14)6-10(15-2)9-4-3-5-16-7-9;1-2/h2-9H,1H3,(H2,14,15,16,17);3-7H,1-2H3;1-2H3/b;8-6+,15-10?;. The van der Waals surface area contributed by atoms with Gasteiger partial charge in [-0.05, 0) is 55.8 Å². The molecule has 0 aliphatic heterocycles. The van der Waals surface area contributed by atoms with E-state index in [1.54, 1.807) is 30.6 Å². The Morgan fingerprint density at radius 3 is 2.17 bits per heavy atom. The number of benzene rings is 1. The van der Waals surface area contributed by atoms with Crippen molar-refractivity contribution in [3.8, 4) is 0 Å². The van der Waals surface area contributed by atoms with E-state index in [1.807, 2.05) is 57.2 Å².